The molecule has 0 bridgehead atoms. The molecule has 3 rings (SSSR count). The van der Waals surface area contributed by atoms with Crippen LogP contribution in [0.4, 0.5) is 0 Å². The molecule has 0 aromatic carbocycles. The minimum atomic E-state index is 0.670. The zero-order valence-corrected chi connectivity index (χ0v) is 16.7. The monoisotopic (exact) mass is 364 g/mol. The Labute approximate surface area is 160 Å². The molecule has 0 aromatic heterocycles. The lowest BCUT2D eigenvalue weighted by molar-refractivity contribution is 0.0763. The van der Waals surface area contributed by atoms with Crippen molar-refractivity contribution in [3.63, 3.8) is 0 Å². The summed E-state index contributed by atoms with van der Waals surface area (Å²) in [6, 6.07) is 1.34. The molecular weight excluding hydrogens is 324 g/mol. The summed E-state index contributed by atoms with van der Waals surface area (Å²) in [6.07, 6.45) is 17.4. The van der Waals surface area contributed by atoms with E-state index < -0.39 is 0 Å². The summed E-state index contributed by atoms with van der Waals surface area (Å²) in [4.78, 5) is 5.37. The second kappa shape index (κ2) is 12.1. The van der Waals surface area contributed by atoms with Gasteiger partial charge in [-0.05, 0) is 77.5 Å². The van der Waals surface area contributed by atoms with Crippen LogP contribution in [0.25, 0.3) is 0 Å². The maximum absolute atomic E-state index is 5.95. The Balaban J connectivity index is 1.43. The highest BCUT2D eigenvalue weighted by Gasteiger charge is 2.25. The number of hydrogen-bond donors (Lipinski definition) is 0. The minimum Gasteiger partial charge on any atom is -0.380 e. The van der Waals surface area contributed by atoms with Gasteiger partial charge in [-0.25, -0.2) is 0 Å². The average molecular weight is 365 g/mol. The highest BCUT2D eigenvalue weighted by molar-refractivity contribution is 4.83. The molecule has 3 aliphatic heterocycles. The minimum absolute atomic E-state index is 0.670. The van der Waals surface area contributed by atoms with Gasteiger partial charge >= 0.3 is 0 Å². The van der Waals surface area contributed by atoms with Gasteiger partial charge < -0.3 is 9.47 Å². The van der Waals surface area contributed by atoms with Crippen molar-refractivity contribution in [2.75, 3.05) is 52.6 Å². The third kappa shape index (κ3) is 6.95. The molecule has 150 valence electrons. The van der Waals surface area contributed by atoms with Crippen molar-refractivity contribution in [2.24, 2.45) is 0 Å². The Hall–Kier alpha value is -0.420. The molecule has 0 aromatic rings. The van der Waals surface area contributed by atoms with Gasteiger partial charge in [0.15, 0.2) is 0 Å². The molecule has 2 fully saturated rings. The van der Waals surface area contributed by atoms with E-state index in [0.29, 0.717) is 12.1 Å². The van der Waals surface area contributed by atoms with Crippen LogP contribution in [0.2, 0.25) is 0 Å². The van der Waals surface area contributed by atoms with Gasteiger partial charge in [0.2, 0.25) is 0 Å². The zero-order valence-electron chi connectivity index (χ0n) is 16.7. The zero-order chi connectivity index (χ0) is 17.9. The topological polar surface area (TPSA) is 24.9 Å². The second-order valence-electron chi connectivity index (χ2n) is 8.28. The van der Waals surface area contributed by atoms with E-state index in [-0.39, 0.29) is 0 Å². The van der Waals surface area contributed by atoms with Crippen LogP contribution in [0.3, 0.4) is 0 Å². The molecule has 0 aliphatic carbocycles. The Kier molecular flexibility index (Phi) is 9.47. The summed E-state index contributed by atoms with van der Waals surface area (Å²) < 4.78 is 11.9. The average Bonchev–Trinajstić information content (AvgIpc) is 3.28. The van der Waals surface area contributed by atoms with Crippen LogP contribution < -0.4 is 0 Å². The third-order valence-electron chi connectivity index (χ3n) is 6.28. The fraction of sp³-hybridized carbons (Fsp3) is 0.909. The molecule has 4 nitrogen and oxygen atoms in total. The summed E-state index contributed by atoms with van der Waals surface area (Å²) >= 11 is 0. The first-order chi connectivity index (χ1) is 12.9. The number of fused-ring (bicyclic) bond motifs is 2. The van der Waals surface area contributed by atoms with Crippen LogP contribution >= 0.6 is 0 Å². The van der Waals surface area contributed by atoms with Crippen molar-refractivity contribution in [3.05, 3.63) is 12.2 Å². The van der Waals surface area contributed by atoms with Gasteiger partial charge in [0.1, 0.15) is 0 Å². The molecule has 0 unspecified atom stereocenters. The summed E-state index contributed by atoms with van der Waals surface area (Å²) in [6.45, 7) is 8.67. The van der Waals surface area contributed by atoms with E-state index in [1.165, 1.54) is 77.5 Å². The van der Waals surface area contributed by atoms with Crippen molar-refractivity contribution in [1.82, 2.24) is 9.80 Å². The second-order valence-corrected chi connectivity index (χ2v) is 8.28. The predicted molar refractivity (Wildman–Crippen MR) is 108 cm³/mol. The molecule has 2 saturated heterocycles. The van der Waals surface area contributed by atoms with E-state index in [2.05, 4.69) is 22.0 Å². The Bertz CT molecular complexity index is 366. The molecule has 0 spiro atoms. The molecule has 0 N–H and O–H groups in total. The highest BCUT2D eigenvalue weighted by atomic mass is 16.5. The van der Waals surface area contributed by atoms with E-state index >= 15 is 0 Å². The Morgan fingerprint density at radius 2 is 1.04 bits per heavy atom. The lowest BCUT2D eigenvalue weighted by atomic mass is 10.1. The van der Waals surface area contributed by atoms with Gasteiger partial charge in [-0.3, -0.25) is 9.80 Å². The van der Waals surface area contributed by atoms with E-state index in [1.807, 2.05) is 0 Å². The molecule has 0 amide bonds. The standard InChI is InChI=1S/C22H40N2O2/c1-2-6-14-24-16-10-12-22(24)20-26-18-8-4-3-7-17-25-19-21-11-9-15-23(21)13-5-1/h3-4,21-22H,1-2,5-20H2/b4-3-/t21-,22-/m1/s1. The predicted octanol–water partition coefficient (Wildman–Crippen LogP) is 3.86. The molecule has 3 aliphatic rings. The summed E-state index contributed by atoms with van der Waals surface area (Å²) in [5.41, 5.74) is 0. The van der Waals surface area contributed by atoms with Crippen molar-refractivity contribution in [2.45, 2.75) is 76.3 Å². The number of rotatable bonds is 0. The van der Waals surface area contributed by atoms with Crippen LogP contribution in [0.15, 0.2) is 12.2 Å². The van der Waals surface area contributed by atoms with Crippen molar-refractivity contribution in [1.29, 1.82) is 0 Å². The lowest BCUT2D eigenvalue weighted by Gasteiger charge is -2.25. The van der Waals surface area contributed by atoms with Crippen LogP contribution in [0.5, 0.6) is 0 Å². The van der Waals surface area contributed by atoms with Gasteiger partial charge in [-0.1, -0.05) is 25.0 Å². The molecule has 0 saturated carbocycles. The van der Waals surface area contributed by atoms with E-state index in [4.69, 9.17) is 9.47 Å². The number of nitrogens with zero attached hydrogens (tertiary/aromatic N) is 2. The van der Waals surface area contributed by atoms with Crippen LogP contribution in [-0.4, -0.2) is 74.5 Å². The fourth-order valence-electron chi connectivity index (χ4n) is 4.72. The highest BCUT2D eigenvalue weighted by Crippen LogP contribution is 2.20. The van der Waals surface area contributed by atoms with Crippen LogP contribution in [0.1, 0.15) is 64.2 Å². The third-order valence-corrected chi connectivity index (χ3v) is 6.28. The Morgan fingerprint density at radius 3 is 1.54 bits per heavy atom. The molecule has 3 heterocycles. The van der Waals surface area contributed by atoms with Gasteiger partial charge in [0.05, 0.1) is 26.4 Å². The van der Waals surface area contributed by atoms with Gasteiger partial charge in [0, 0.05) is 12.1 Å². The first-order valence-corrected chi connectivity index (χ1v) is 11.2. The first kappa shape index (κ1) is 20.3. The molecular formula is C22H40N2O2. The molecule has 26 heavy (non-hydrogen) atoms. The maximum Gasteiger partial charge on any atom is 0.0621 e. The molecule has 0 radical (unpaired) electrons. The normalized spacial score (nSPS) is 33.4. The number of hydrogen-bond acceptors (Lipinski definition) is 4. The Morgan fingerprint density at radius 1 is 0.577 bits per heavy atom. The van der Waals surface area contributed by atoms with E-state index in [0.717, 1.165) is 39.3 Å². The first-order valence-electron chi connectivity index (χ1n) is 11.2. The van der Waals surface area contributed by atoms with Crippen molar-refractivity contribution in [3.8, 4) is 0 Å². The molecule has 4 heteroatoms. The van der Waals surface area contributed by atoms with Gasteiger partial charge in [-0.2, -0.15) is 0 Å². The molecule has 2 atom stereocenters. The van der Waals surface area contributed by atoms with Crippen molar-refractivity contribution >= 4 is 0 Å². The van der Waals surface area contributed by atoms with Gasteiger partial charge in [0.25, 0.3) is 0 Å². The van der Waals surface area contributed by atoms with Gasteiger partial charge in [-0.15, -0.1) is 0 Å². The SMILES string of the molecule is C1=C\CCOC[C@H]2CCCN2CCCCCCN2CCC[C@@H]2COCC/1. The lowest BCUT2D eigenvalue weighted by Crippen LogP contribution is -2.34. The van der Waals surface area contributed by atoms with Crippen LogP contribution in [-0.2, 0) is 9.47 Å². The smallest absolute Gasteiger partial charge is 0.0621 e. The summed E-state index contributed by atoms with van der Waals surface area (Å²) in [5, 5.41) is 0. The van der Waals surface area contributed by atoms with E-state index in [1.54, 1.807) is 0 Å². The fourth-order valence-corrected chi connectivity index (χ4v) is 4.72. The van der Waals surface area contributed by atoms with E-state index in [9.17, 15) is 0 Å². The largest absolute Gasteiger partial charge is 0.380 e. The summed E-state index contributed by atoms with van der Waals surface area (Å²) in [7, 11) is 0. The summed E-state index contributed by atoms with van der Waals surface area (Å²) in [5.74, 6) is 0. The number of ether oxygens (including phenoxy) is 2. The quantitative estimate of drug-likeness (QED) is 0.610. The van der Waals surface area contributed by atoms with Crippen LogP contribution in [0, 0.1) is 0 Å². The maximum atomic E-state index is 5.95. The van der Waals surface area contributed by atoms with Crippen molar-refractivity contribution < 1.29 is 9.47 Å².